The average Bonchev–Trinajstić information content (AvgIpc) is 3.00. The van der Waals surface area contributed by atoms with Gasteiger partial charge in [0.05, 0.1) is 13.7 Å². The summed E-state index contributed by atoms with van der Waals surface area (Å²) in [5.74, 6) is 0.493. The van der Waals surface area contributed by atoms with Crippen LogP contribution in [-0.4, -0.2) is 32.7 Å². The number of fused-ring (bicyclic) bond motifs is 1. The van der Waals surface area contributed by atoms with E-state index in [4.69, 9.17) is 21.3 Å². The maximum Gasteiger partial charge on any atom is 0.356 e. The molecule has 0 saturated heterocycles. The Balaban J connectivity index is 2.20. The van der Waals surface area contributed by atoms with Crippen LogP contribution in [0.2, 0.25) is 5.02 Å². The zero-order valence-corrected chi connectivity index (χ0v) is 15.7. The summed E-state index contributed by atoms with van der Waals surface area (Å²) < 4.78 is 6.79. The normalized spacial score (nSPS) is 11.1. The van der Waals surface area contributed by atoms with Gasteiger partial charge in [-0.15, -0.1) is 0 Å². The van der Waals surface area contributed by atoms with Gasteiger partial charge in [-0.3, -0.25) is 0 Å². The van der Waals surface area contributed by atoms with Crippen molar-refractivity contribution in [1.29, 1.82) is 0 Å². The minimum Gasteiger partial charge on any atom is -0.508 e. The molecule has 3 rings (SSSR count). The average molecular weight is 374 g/mol. The van der Waals surface area contributed by atoms with Crippen molar-refractivity contribution < 1.29 is 14.6 Å². The van der Waals surface area contributed by atoms with E-state index in [1.165, 1.54) is 13.2 Å². The van der Waals surface area contributed by atoms with Crippen LogP contribution in [0.15, 0.2) is 24.3 Å². The fourth-order valence-electron chi connectivity index (χ4n) is 2.95. The van der Waals surface area contributed by atoms with Crippen molar-refractivity contribution in [2.75, 3.05) is 7.11 Å². The molecule has 2 aromatic heterocycles. The van der Waals surface area contributed by atoms with Crippen molar-refractivity contribution >= 4 is 28.7 Å². The van der Waals surface area contributed by atoms with Gasteiger partial charge in [0.1, 0.15) is 17.1 Å². The second-order valence-electron chi connectivity index (χ2n) is 5.93. The zero-order valence-electron chi connectivity index (χ0n) is 14.9. The fraction of sp³-hybridized carbons (Fsp3) is 0.316. The summed E-state index contributed by atoms with van der Waals surface area (Å²) >= 11 is 6.27. The van der Waals surface area contributed by atoms with E-state index in [0.29, 0.717) is 23.6 Å². The monoisotopic (exact) mass is 373 g/mol. The molecule has 0 fully saturated rings. The molecule has 0 atom stereocenters. The highest BCUT2D eigenvalue weighted by molar-refractivity contribution is 6.31. The van der Waals surface area contributed by atoms with Gasteiger partial charge >= 0.3 is 5.97 Å². The first-order chi connectivity index (χ1) is 12.5. The van der Waals surface area contributed by atoms with Gasteiger partial charge < -0.3 is 14.4 Å². The zero-order chi connectivity index (χ0) is 18.8. The number of benzene rings is 1. The summed E-state index contributed by atoms with van der Waals surface area (Å²) in [4.78, 5) is 21.2. The Labute approximate surface area is 156 Å². The van der Waals surface area contributed by atoms with Gasteiger partial charge in [0.2, 0.25) is 0 Å². The van der Waals surface area contributed by atoms with Crippen LogP contribution in [0.25, 0.3) is 11.2 Å². The van der Waals surface area contributed by atoms with Gasteiger partial charge in [0, 0.05) is 11.4 Å². The summed E-state index contributed by atoms with van der Waals surface area (Å²) in [6.45, 7) is 4.47. The van der Waals surface area contributed by atoms with E-state index in [-0.39, 0.29) is 11.4 Å². The van der Waals surface area contributed by atoms with Crippen LogP contribution in [0.1, 0.15) is 41.3 Å². The summed E-state index contributed by atoms with van der Waals surface area (Å²) in [6.07, 6.45) is 1.44. The number of pyridine rings is 1. The number of carbonyl (C=O) groups excluding carboxylic acids is 1. The number of methoxy groups -OCH3 is 1. The number of ether oxygens (including phenoxy) is 1. The predicted molar refractivity (Wildman–Crippen MR) is 99.8 cm³/mol. The van der Waals surface area contributed by atoms with E-state index >= 15 is 0 Å². The van der Waals surface area contributed by atoms with E-state index in [9.17, 15) is 9.90 Å². The number of hydrogen-bond acceptors (Lipinski definition) is 5. The molecule has 0 aliphatic heterocycles. The summed E-state index contributed by atoms with van der Waals surface area (Å²) in [6, 6.07) is 6.61. The molecule has 0 unspecified atom stereocenters. The second kappa shape index (κ2) is 7.33. The molecule has 1 aromatic carbocycles. The quantitative estimate of drug-likeness (QED) is 0.689. The molecule has 0 aliphatic rings. The van der Waals surface area contributed by atoms with Crippen LogP contribution < -0.4 is 0 Å². The first kappa shape index (κ1) is 18.2. The summed E-state index contributed by atoms with van der Waals surface area (Å²) in [5.41, 5.74) is 3.46. The van der Waals surface area contributed by atoms with E-state index in [1.807, 2.05) is 18.4 Å². The molecule has 1 N–H and O–H groups in total. The third-order valence-electron chi connectivity index (χ3n) is 4.32. The van der Waals surface area contributed by atoms with E-state index < -0.39 is 5.97 Å². The van der Waals surface area contributed by atoms with Crippen molar-refractivity contribution in [1.82, 2.24) is 14.5 Å². The first-order valence-electron chi connectivity index (χ1n) is 8.43. The Bertz CT molecular complexity index is 982. The fourth-order valence-corrected chi connectivity index (χ4v) is 3.18. The van der Waals surface area contributed by atoms with Crippen molar-refractivity contribution in [2.24, 2.45) is 0 Å². The third-order valence-corrected chi connectivity index (χ3v) is 4.67. The number of aromatic nitrogens is 3. The molecule has 2 heterocycles. The van der Waals surface area contributed by atoms with Crippen LogP contribution >= 0.6 is 11.6 Å². The molecule has 136 valence electrons. The van der Waals surface area contributed by atoms with E-state index in [2.05, 4.69) is 4.98 Å². The maximum atomic E-state index is 12.0. The van der Waals surface area contributed by atoms with Crippen molar-refractivity contribution in [2.45, 2.75) is 33.2 Å². The number of imidazole rings is 1. The highest BCUT2D eigenvalue weighted by atomic mass is 35.5. The molecular formula is C19H20ClN3O3. The number of esters is 1. The lowest BCUT2D eigenvalue weighted by atomic mass is 10.1. The summed E-state index contributed by atoms with van der Waals surface area (Å²) in [5, 5.41) is 10.0. The van der Waals surface area contributed by atoms with Crippen LogP contribution in [0.3, 0.4) is 0 Å². The number of phenolic OH excluding ortho intramolecular Hbond substituents is 1. The predicted octanol–water partition coefficient (Wildman–Crippen LogP) is 3.75. The number of nitrogens with zero attached hydrogens (tertiary/aromatic N) is 3. The lowest BCUT2D eigenvalue weighted by Gasteiger charge is -2.10. The molecule has 3 aromatic rings. The number of phenols is 1. The molecule has 0 bridgehead atoms. The van der Waals surface area contributed by atoms with Crippen LogP contribution in [0.4, 0.5) is 0 Å². The van der Waals surface area contributed by atoms with Crippen molar-refractivity contribution in [3.05, 3.63) is 51.9 Å². The number of rotatable bonds is 5. The van der Waals surface area contributed by atoms with Crippen molar-refractivity contribution in [3.8, 4) is 5.75 Å². The molecule has 0 spiro atoms. The topological polar surface area (TPSA) is 77.2 Å². The second-order valence-corrected chi connectivity index (χ2v) is 6.33. The molecule has 26 heavy (non-hydrogen) atoms. The largest absolute Gasteiger partial charge is 0.508 e. The van der Waals surface area contributed by atoms with Crippen molar-refractivity contribution in [3.63, 3.8) is 0 Å². The van der Waals surface area contributed by atoms with Crippen LogP contribution in [0.5, 0.6) is 5.75 Å². The molecule has 0 radical (unpaired) electrons. The summed E-state index contributed by atoms with van der Waals surface area (Å²) in [7, 11) is 1.34. The minimum atomic E-state index is -0.477. The highest BCUT2D eigenvalue weighted by Crippen LogP contribution is 2.26. The van der Waals surface area contributed by atoms with E-state index in [1.54, 1.807) is 18.2 Å². The Morgan fingerprint density at radius 1 is 1.19 bits per heavy atom. The number of aryl methyl sites for hydroxylation is 2. The number of hydrogen-bond donors (Lipinski definition) is 1. The standard InChI is InChI=1S/C19H20ClN3O3/c1-4-11-8-15(19(25)26-3)21-18-17(11)22-16(5-2)23(18)10-12-6-7-13(24)9-14(12)20/h6-9,24H,4-5,10H2,1-3H3. The molecule has 0 amide bonds. The van der Waals surface area contributed by atoms with Crippen LogP contribution in [0, 0.1) is 0 Å². The molecule has 0 saturated carbocycles. The molecule has 7 heteroatoms. The highest BCUT2D eigenvalue weighted by Gasteiger charge is 2.19. The Morgan fingerprint density at radius 3 is 2.58 bits per heavy atom. The van der Waals surface area contributed by atoms with Gasteiger partial charge in [-0.25, -0.2) is 14.8 Å². The van der Waals surface area contributed by atoms with Gasteiger partial charge in [-0.2, -0.15) is 0 Å². The number of halogens is 1. The molecule has 0 aliphatic carbocycles. The SMILES string of the molecule is CCc1cc(C(=O)OC)nc2c1nc(CC)n2Cc1ccc(O)cc1Cl. The Hall–Kier alpha value is -2.60. The first-order valence-corrected chi connectivity index (χ1v) is 8.81. The van der Waals surface area contributed by atoms with Crippen LogP contribution in [-0.2, 0) is 24.1 Å². The Kier molecular flexibility index (Phi) is 5.13. The molecular weight excluding hydrogens is 354 g/mol. The number of aromatic hydroxyl groups is 1. The number of carbonyl (C=O) groups is 1. The minimum absolute atomic E-state index is 0.115. The maximum absolute atomic E-state index is 12.0. The van der Waals surface area contributed by atoms with Gasteiger partial charge in [-0.05, 0) is 35.7 Å². The van der Waals surface area contributed by atoms with E-state index in [0.717, 1.165) is 28.9 Å². The lowest BCUT2D eigenvalue weighted by molar-refractivity contribution is 0.0594. The lowest BCUT2D eigenvalue weighted by Crippen LogP contribution is -2.09. The smallest absolute Gasteiger partial charge is 0.356 e. The van der Waals surface area contributed by atoms with Gasteiger partial charge in [-0.1, -0.05) is 31.5 Å². The van der Waals surface area contributed by atoms with Gasteiger partial charge in [0.15, 0.2) is 11.3 Å². The molecule has 6 nitrogen and oxygen atoms in total. The Morgan fingerprint density at radius 2 is 1.96 bits per heavy atom. The van der Waals surface area contributed by atoms with Gasteiger partial charge in [0.25, 0.3) is 0 Å². The third kappa shape index (κ3) is 3.24.